The molecular weight excluding hydrogens is 524 g/mol. The van der Waals surface area contributed by atoms with Gasteiger partial charge in [-0.2, -0.15) is 0 Å². The number of carbonyl (C=O) groups is 2. The highest BCUT2D eigenvalue weighted by Gasteiger charge is 2.27. The molecule has 1 amide bonds. The van der Waals surface area contributed by atoms with E-state index < -0.39 is 21.4 Å². The summed E-state index contributed by atoms with van der Waals surface area (Å²) >= 11 is 6.23. The maximum absolute atomic E-state index is 12.9. The van der Waals surface area contributed by atoms with E-state index in [1.54, 1.807) is 25.1 Å². The summed E-state index contributed by atoms with van der Waals surface area (Å²) in [4.78, 5) is 25.6. The lowest BCUT2D eigenvalue weighted by Gasteiger charge is -2.25. The predicted octanol–water partition coefficient (Wildman–Crippen LogP) is 5.72. The molecule has 7 nitrogen and oxygen atoms in total. The number of rotatable bonds is 12. The van der Waals surface area contributed by atoms with Gasteiger partial charge in [0, 0.05) is 19.4 Å². The number of anilines is 1. The first-order chi connectivity index (χ1) is 17.6. The van der Waals surface area contributed by atoms with Crippen LogP contribution < -0.4 is 10.0 Å². The number of halogens is 1. The fourth-order valence-electron chi connectivity index (χ4n) is 3.92. The molecule has 0 saturated carbocycles. The highest BCUT2D eigenvalue weighted by Crippen LogP contribution is 2.28. The van der Waals surface area contributed by atoms with E-state index in [0.29, 0.717) is 30.9 Å². The summed E-state index contributed by atoms with van der Waals surface area (Å²) in [5.41, 5.74) is 2.66. The van der Waals surface area contributed by atoms with Gasteiger partial charge in [0.25, 0.3) is 0 Å². The van der Waals surface area contributed by atoms with Crippen LogP contribution in [-0.2, 0) is 37.2 Å². The van der Waals surface area contributed by atoms with Crippen molar-refractivity contribution in [2.75, 3.05) is 17.5 Å². The maximum Gasteiger partial charge on any atom is 0.311 e. The first-order valence-corrected chi connectivity index (χ1v) is 15.2. The second kappa shape index (κ2) is 13.5. The topological polar surface area (TPSA) is 102 Å². The molecule has 38 heavy (non-hydrogen) atoms. The van der Waals surface area contributed by atoms with Crippen LogP contribution in [0.3, 0.4) is 0 Å². The largest absolute Gasteiger partial charge is 0.462 e. The Balaban J connectivity index is 2.09. The Morgan fingerprint density at radius 2 is 1.61 bits per heavy atom. The molecule has 0 aliphatic rings. The summed E-state index contributed by atoms with van der Waals surface area (Å²) in [5, 5.41) is 3.15. The van der Waals surface area contributed by atoms with E-state index in [0.717, 1.165) is 18.2 Å². The number of hydrogen-bond acceptors (Lipinski definition) is 5. The lowest BCUT2D eigenvalue weighted by molar-refractivity contribution is -0.158. The molecule has 0 bridgehead atoms. The third-order valence-corrected chi connectivity index (χ3v) is 6.93. The summed E-state index contributed by atoms with van der Waals surface area (Å²) in [6, 6.07) is 13.0. The number of carbonyl (C=O) groups excluding carboxylic acids is 2. The normalized spacial score (nSPS) is 13.6. The molecule has 0 fully saturated rings. The van der Waals surface area contributed by atoms with Crippen molar-refractivity contribution in [3.8, 4) is 0 Å². The van der Waals surface area contributed by atoms with E-state index in [9.17, 15) is 18.0 Å². The molecule has 0 radical (unpaired) electrons. The van der Waals surface area contributed by atoms with Crippen LogP contribution in [0.1, 0.15) is 70.6 Å². The third-order valence-electron chi connectivity index (χ3n) is 6.03. The zero-order valence-corrected chi connectivity index (χ0v) is 25.0. The van der Waals surface area contributed by atoms with Crippen LogP contribution in [0.2, 0.25) is 5.02 Å². The van der Waals surface area contributed by atoms with Gasteiger partial charge in [-0.15, -0.1) is 0 Å². The Hall–Kier alpha value is -2.58. The number of amides is 1. The molecule has 0 saturated heterocycles. The smallest absolute Gasteiger partial charge is 0.311 e. The van der Waals surface area contributed by atoms with E-state index in [1.807, 2.05) is 32.9 Å². The van der Waals surface area contributed by atoms with Crippen molar-refractivity contribution in [2.24, 2.45) is 11.3 Å². The number of ether oxygens (including phenoxy) is 1. The number of benzene rings is 2. The van der Waals surface area contributed by atoms with Crippen LogP contribution in [-0.4, -0.2) is 39.2 Å². The fraction of sp³-hybridized carbons (Fsp3) is 0.517. The zero-order chi connectivity index (χ0) is 28.7. The van der Waals surface area contributed by atoms with Crippen molar-refractivity contribution in [3.05, 3.63) is 64.2 Å². The van der Waals surface area contributed by atoms with Crippen molar-refractivity contribution >= 4 is 39.2 Å². The lowest BCUT2D eigenvalue weighted by atomic mass is 9.93. The predicted molar refractivity (Wildman–Crippen MR) is 154 cm³/mol. The average Bonchev–Trinajstić information content (AvgIpc) is 2.79. The van der Waals surface area contributed by atoms with Gasteiger partial charge in [0.05, 0.1) is 28.3 Å². The van der Waals surface area contributed by atoms with Crippen LogP contribution in [0.5, 0.6) is 0 Å². The molecule has 0 aromatic heterocycles. The Kier molecular flexibility index (Phi) is 11.2. The van der Waals surface area contributed by atoms with Gasteiger partial charge < -0.3 is 10.1 Å². The number of esters is 1. The molecule has 2 N–H and O–H groups in total. The molecule has 2 rings (SSSR count). The summed E-state index contributed by atoms with van der Waals surface area (Å²) in [5.74, 6) is -0.494. The molecule has 210 valence electrons. The molecule has 2 atom stereocenters. The number of hydrogen-bond donors (Lipinski definition) is 2. The SMILES string of the molecule is CC(C)Cc1ccccc1CC(CCNC(=O)[C@@H](C)c1ccc(NS(C)(=O)=O)c(Cl)c1)OC(=O)C(C)(C)C. The Bertz CT molecular complexity index is 1220. The summed E-state index contributed by atoms with van der Waals surface area (Å²) in [6.07, 6.45) is 2.63. The van der Waals surface area contributed by atoms with Gasteiger partial charge in [0.2, 0.25) is 15.9 Å². The summed E-state index contributed by atoms with van der Waals surface area (Å²) < 4.78 is 31.2. The highest BCUT2D eigenvalue weighted by molar-refractivity contribution is 7.92. The Morgan fingerprint density at radius 3 is 2.13 bits per heavy atom. The van der Waals surface area contributed by atoms with Gasteiger partial charge in [-0.3, -0.25) is 14.3 Å². The van der Waals surface area contributed by atoms with Crippen LogP contribution >= 0.6 is 11.6 Å². The quantitative estimate of drug-likeness (QED) is 0.321. The molecule has 0 aliphatic heterocycles. The standard InChI is InChI=1S/C29H41ClN2O5S/c1-19(2)16-22-10-8-9-11-23(22)17-24(37-28(34)29(4,5)6)14-15-31-27(33)20(3)21-12-13-26(25(30)18-21)32-38(7,35)36/h8-13,18-20,24,32H,14-17H2,1-7H3,(H,31,33)/t20-,24?/m0/s1. The first kappa shape index (κ1) is 31.6. The van der Waals surface area contributed by atoms with Gasteiger partial charge in [0.15, 0.2) is 0 Å². The fourth-order valence-corrected chi connectivity index (χ4v) is 4.79. The molecule has 0 heterocycles. The van der Waals surface area contributed by atoms with Gasteiger partial charge in [-0.25, -0.2) is 8.42 Å². The Morgan fingerprint density at radius 1 is 1.00 bits per heavy atom. The van der Waals surface area contributed by atoms with Crippen molar-refractivity contribution in [3.63, 3.8) is 0 Å². The van der Waals surface area contributed by atoms with Gasteiger partial charge in [-0.1, -0.05) is 55.8 Å². The minimum atomic E-state index is -3.47. The van der Waals surface area contributed by atoms with Crippen molar-refractivity contribution < 1.29 is 22.7 Å². The van der Waals surface area contributed by atoms with Crippen LogP contribution in [0.25, 0.3) is 0 Å². The van der Waals surface area contributed by atoms with E-state index in [4.69, 9.17) is 16.3 Å². The molecule has 1 unspecified atom stereocenters. The molecule has 2 aromatic rings. The monoisotopic (exact) mass is 564 g/mol. The van der Waals surface area contributed by atoms with Crippen molar-refractivity contribution in [1.82, 2.24) is 5.32 Å². The second-order valence-electron chi connectivity index (χ2n) is 11.3. The summed E-state index contributed by atoms with van der Waals surface area (Å²) in [6.45, 7) is 11.9. The number of sulfonamides is 1. The lowest BCUT2D eigenvalue weighted by Crippen LogP contribution is -2.34. The van der Waals surface area contributed by atoms with Crippen molar-refractivity contribution in [2.45, 2.75) is 72.8 Å². The van der Waals surface area contributed by atoms with Crippen LogP contribution in [0.4, 0.5) is 5.69 Å². The molecule has 2 aromatic carbocycles. The van der Waals surface area contributed by atoms with Crippen molar-refractivity contribution in [1.29, 1.82) is 0 Å². The van der Waals surface area contributed by atoms with Crippen LogP contribution in [0.15, 0.2) is 42.5 Å². The molecule has 0 spiro atoms. The number of nitrogens with one attached hydrogen (secondary N) is 2. The van der Waals surface area contributed by atoms with Gasteiger partial charge >= 0.3 is 5.97 Å². The first-order valence-electron chi connectivity index (χ1n) is 12.9. The third kappa shape index (κ3) is 10.3. The minimum Gasteiger partial charge on any atom is -0.462 e. The molecule has 0 aliphatic carbocycles. The minimum absolute atomic E-state index is 0.203. The second-order valence-corrected chi connectivity index (χ2v) is 13.4. The van der Waals surface area contributed by atoms with E-state index in [1.165, 1.54) is 5.56 Å². The molecular formula is C29H41ClN2O5S. The van der Waals surface area contributed by atoms with E-state index >= 15 is 0 Å². The van der Waals surface area contributed by atoms with Gasteiger partial charge in [0.1, 0.15) is 6.10 Å². The highest BCUT2D eigenvalue weighted by atomic mass is 35.5. The summed E-state index contributed by atoms with van der Waals surface area (Å²) in [7, 11) is -3.47. The Labute approximate surface area is 232 Å². The zero-order valence-electron chi connectivity index (χ0n) is 23.4. The van der Waals surface area contributed by atoms with E-state index in [2.05, 4.69) is 36.0 Å². The maximum atomic E-state index is 12.9. The average molecular weight is 565 g/mol. The van der Waals surface area contributed by atoms with Crippen LogP contribution in [0, 0.1) is 11.3 Å². The molecule has 9 heteroatoms. The van der Waals surface area contributed by atoms with Gasteiger partial charge in [-0.05, 0) is 68.9 Å². The van der Waals surface area contributed by atoms with E-state index in [-0.39, 0.29) is 28.7 Å².